The third-order valence-electron chi connectivity index (χ3n) is 5.57. The van der Waals surface area contributed by atoms with Crippen molar-refractivity contribution in [3.05, 3.63) is 34.9 Å². The van der Waals surface area contributed by atoms with Crippen LogP contribution < -0.4 is 0 Å². The van der Waals surface area contributed by atoms with Crippen LogP contribution in [0.5, 0.6) is 0 Å². The maximum absolute atomic E-state index is 14.3. The molecule has 1 aromatic rings. The molecule has 29 heavy (non-hydrogen) atoms. The van der Waals surface area contributed by atoms with Crippen LogP contribution in [0.4, 0.5) is 22.0 Å². The van der Waals surface area contributed by atoms with Crippen molar-refractivity contribution in [2.24, 2.45) is 0 Å². The number of halogens is 5. The number of benzene rings is 1. The smallest absolute Gasteiger partial charge is 0.370 e. The minimum Gasteiger partial charge on any atom is -0.396 e. The van der Waals surface area contributed by atoms with Crippen LogP contribution in [0, 0.1) is 23.3 Å². The fourth-order valence-electron chi connectivity index (χ4n) is 3.99. The molecule has 2 rings (SSSR count). The fraction of sp³-hybridized carbons (Fsp3) is 0.611. The second-order valence-corrected chi connectivity index (χ2v) is 10.6. The highest BCUT2D eigenvalue weighted by Gasteiger charge is 2.58. The zero-order valence-corrected chi connectivity index (χ0v) is 17.5. The van der Waals surface area contributed by atoms with E-state index in [4.69, 9.17) is 13.6 Å². The molecule has 1 heterocycles. The fourth-order valence-corrected chi connectivity index (χ4v) is 7.90. The number of nitrogens with zero attached hydrogens (tertiary/aromatic N) is 1. The molecule has 0 aliphatic carbocycles. The maximum atomic E-state index is 14.3. The molecule has 5 nitrogen and oxygen atoms in total. The van der Waals surface area contributed by atoms with Gasteiger partial charge in [0, 0.05) is 21.3 Å². The van der Waals surface area contributed by atoms with Gasteiger partial charge in [0.15, 0.2) is 23.3 Å². The Morgan fingerprint density at radius 3 is 2.34 bits per heavy atom. The summed E-state index contributed by atoms with van der Waals surface area (Å²) >= 11 is 0. The molecule has 0 aromatic heterocycles. The Morgan fingerprint density at radius 2 is 1.76 bits per heavy atom. The van der Waals surface area contributed by atoms with Gasteiger partial charge in [-0.05, 0) is 31.4 Å². The minimum atomic E-state index is -2.75. The summed E-state index contributed by atoms with van der Waals surface area (Å²) in [4.78, 5) is 12.0. The SMILES string of the molecule is COC1(CCCN(F)C(=O)c2cc(F)c(F)c(F)c2F)CCCC[Si]1(OC)OC. The molecule has 1 fully saturated rings. The molecule has 1 aliphatic rings. The molecule has 1 saturated heterocycles. The Morgan fingerprint density at radius 1 is 1.10 bits per heavy atom. The number of rotatable bonds is 8. The van der Waals surface area contributed by atoms with E-state index in [-0.39, 0.29) is 17.6 Å². The van der Waals surface area contributed by atoms with Crippen molar-refractivity contribution < 1.29 is 40.4 Å². The highest BCUT2D eigenvalue weighted by Crippen LogP contribution is 2.42. The normalized spacial score (nSPS) is 21.2. The summed E-state index contributed by atoms with van der Waals surface area (Å²) in [7, 11) is 1.85. The molecule has 1 atom stereocenters. The van der Waals surface area contributed by atoms with Crippen molar-refractivity contribution in [1.29, 1.82) is 0 Å². The average Bonchev–Trinajstić information content (AvgIpc) is 2.74. The van der Waals surface area contributed by atoms with Gasteiger partial charge in [-0.15, -0.1) is 0 Å². The van der Waals surface area contributed by atoms with E-state index in [1.165, 1.54) is 7.11 Å². The van der Waals surface area contributed by atoms with E-state index in [2.05, 4.69) is 0 Å². The van der Waals surface area contributed by atoms with Crippen LogP contribution in [0.3, 0.4) is 0 Å². The summed E-state index contributed by atoms with van der Waals surface area (Å²) in [5.41, 5.74) is -1.22. The first-order valence-electron chi connectivity index (χ1n) is 9.14. The number of hydrogen-bond acceptors (Lipinski definition) is 4. The van der Waals surface area contributed by atoms with E-state index in [9.17, 15) is 26.8 Å². The Bertz CT molecular complexity index is 749. The lowest BCUT2D eigenvalue weighted by Crippen LogP contribution is -2.64. The number of methoxy groups -OCH3 is 1. The molecule has 0 spiro atoms. The molecule has 1 amide bonds. The minimum absolute atomic E-state index is 0.103. The van der Waals surface area contributed by atoms with Crippen molar-refractivity contribution >= 4 is 14.5 Å². The van der Waals surface area contributed by atoms with E-state index in [1.54, 1.807) is 14.2 Å². The first kappa shape index (κ1) is 23.7. The Balaban J connectivity index is 2.10. The van der Waals surface area contributed by atoms with Crippen LogP contribution in [0.15, 0.2) is 6.07 Å². The quantitative estimate of drug-likeness (QED) is 0.200. The van der Waals surface area contributed by atoms with Gasteiger partial charge in [-0.3, -0.25) is 4.79 Å². The lowest BCUT2D eigenvalue weighted by molar-refractivity contribution is -0.0229. The van der Waals surface area contributed by atoms with Gasteiger partial charge in [-0.2, -0.15) is 5.12 Å². The molecule has 0 N–H and O–H groups in total. The number of carbonyl (C=O) groups excluding carboxylic acids is 1. The van der Waals surface area contributed by atoms with Crippen LogP contribution in [0.2, 0.25) is 6.04 Å². The monoisotopic (exact) mass is 441 g/mol. The number of carbonyl (C=O) groups is 1. The lowest BCUT2D eigenvalue weighted by Gasteiger charge is -2.48. The van der Waals surface area contributed by atoms with Gasteiger partial charge in [-0.1, -0.05) is 17.3 Å². The van der Waals surface area contributed by atoms with Gasteiger partial charge in [0.25, 0.3) is 5.91 Å². The van der Waals surface area contributed by atoms with Gasteiger partial charge in [0.2, 0.25) is 0 Å². The van der Waals surface area contributed by atoms with E-state index < -0.39 is 55.1 Å². The Labute approximate surface area is 166 Å². The van der Waals surface area contributed by atoms with Crippen molar-refractivity contribution in [3.8, 4) is 0 Å². The van der Waals surface area contributed by atoms with Crippen LogP contribution in [-0.2, 0) is 13.6 Å². The number of amides is 1. The summed E-state index contributed by atoms with van der Waals surface area (Å²) < 4.78 is 84.8. The summed E-state index contributed by atoms with van der Waals surface area (Å²) in [6.45, 7) is -0.484. The zero-order valence-electron chi connectivity index (χ0n) is 16.5. The Hall–Kier alpha value is -1.56. The zero-order chi connectivity index (χ0) is 21.8. The third kappa shape index (κ3) is 4.32. The molecular formula is C18H24F5NO4Si. The van der Waals surface area contributed by atoms with Crippen molar-refractivity contribution in [3.63, 3.8) is 0 Å². The van der Waals surface area contributed by atoms with Crippen LogP contribution in [-0.4, -0.2) is 52.7 Å². The van der Waals surface area contributed by atoms with Crippen LogP contribution >= 0.6 is 0 Å². The van der Waals surface area contributed by atoms with Crippen molar-refractivity contribution in [1.82, 2.24) is 5.12 Å². The highest BCUT2D eigenvalue weighted by atomic mass is 28.4. The molecule has 164 valence electrons. The predicted molar refractivity (Wildman–Crippen MR) is 95.8 cm³/mol. The summed E-state index contributed by atoms with van der Waals surface area (Å²) in [5.74, 6) is -9.56. The van der Waals surface area contributed by atoms with Gasteiger partial charge in [0.1, 0.15) is 5.22 Å². The number of hydrogen-bond donors (Lipinski definition) is 0. The molecule has 1 unspecified atom stereocenters. The van der Waals surface area contributed by atoms with Gasteiger partial charge in [0.05, 0.1) is 12.1 Å². The van der Waals surface area contributed by atoms with E-state index >= 15 is 0 Å². The first-order chi connectivity index (χ1) is 13.7. The largest absolute Gasteiger partial charge is 0.396 e. The second kappa shape index (κ2) is 9.50. The van der Waals surface area contributed by atoms with Crippen LogP contribution in [0.1, 0.15) is 42.5 Å². The molecule has 0 bridgehead atoms. The number of ether oxygens (including phenoxy) is 1. The average molecular weight is 441 g/mol. The van der Waals surface area contributed by atoms with Gasteiger partial charge < -0.3 is 13.6 Å². The van der Waals surface area contributed by atoms with Crippen LogP contribution in [0.25, 0.3) is 0 Å². The van der Waals surface area contributed by atoms with Gasteiger partial charge >= 0.3 is 8.56 Å². The van der Waals surface area contributed by atoms with Crippen molar-refractivity contribution in [2.75, 3.05) is 27.9 Å². The Kier molecular flexibility index (Phi) is 7.77. The van der Waals surface area contributed by atoms with E-state index in [0.29, 0.717) is 18.9 Å². The second-order valence-electron chi connectivity index (χ2n) is 6.91. The molecule has 0 saturated carbocycles. The summed E-state index contributed by atoms with van der Waals surface area (Å²) in [6, 6.07) is 0.833. The summed E-state index contributed by atoms with van der Waals surface area (Å²) in [6.07, 6.45) is 2.83. The highest BCUT2D eigenvalue weighted by molar-refractivity contribution is 6.70. The topological polar surface area (TPSA) is 48.0 Å². The summed E-state index contributed by atoms with van der Waals surface area (Å²) in [5, 5.41) is -1.11. The molecule has 11 heteroatoms. The molecule has 0 radical (unpaired) electrons. The molecular weight excluding hydrogens is 417 g/mol. The predicted octanol–water partition coefficient (Wildman–Crippen LogP) is 4.19. The maximum Gasteiger partial charge on any atom is 0.370 e. The first-order valence-corrected chi connectivity index (χ1v) is 11.2. The lowest BCUT2D eigenvalue weighted by atomic mass is 10.1. The molecule has 1 aliphatic heterocycles. The standard InChI is InChI=1S/C18H24F5NO4Si/c1-26-18(7-4-5-10-29(18,27-2)28-3)8-6-9-24(23)17(25)12-11-13(19)15(21)16(22)14(12)20/h11H,4-10H2,1-3H3. The third-order valence-corrected chi connectivity index (χ3v) is 9.99. The van der Waals surface area contributed by atoms with E-state index in [0.717, 1.165) is 12.8 Å². The van der Waals surface area contributed by atoms with Gasteiger partial charge in [-0.25, -0.2) is 17.6 Å². The molecule has 1 aromatic carbocycles. The van der Waals surface area contributed by atoms with Crippen molar-refractivity contribution in [2.45, 2.75) is 43.4 Å². The van der Waals surface area contributed by atoms with E-state index in [1.807, 2.05) is 0 Å².